The van der Waals surface area contributed by atoms with E-state index in [4.69, 9.17) is 10.8 Å². The number of nitrogens with two attached hydrogens (primary N) is 1. The summed E-state index contributed by atoms with van der Waals surface area (Å²) in [4.78, 5) is 40.3. The Kier molecular flexibility index (Phi) is 5.88. The van der Waals surface area contributed by atoms with Gasteiger partial charge < -0.3 is 10.6 Å². The van der Waals surface area contributed by atoms with Gasteiger partial charge in [-0.3, -0.25) is 14.9 Å². The molecule has 0 spiro atoms. The number of nitrogens with zero attached hydrogens (tertiary/aromatic N) is 6. The predicted molar refractivity (Wildman–Crippen MR) is 134 cm³/mol. The Bertz CT molecular complexity index is 1500. The zero-order valence-corrected chi connectivity index (χ0v) is 20.0. The van der Waals surface area contributed by atoms with Crippen molar-refractivity contribution in [2.24, 2.45) is 0 Å². The van der Waals surface area contributed by atoms with Crippen molar-refractivity contribution in [2.45, 2.75) is 26.3 Å². The van der Waals surface area contributed by atoms with Crippen molar-refractivity contribution in [1.82, 2.24) is 29.6 Å². The number of rotatable bonds is 4. The summed E-state index contributed by atoms with van der Waals surface area (Å²) in [6.07, 6.45) is 3.86. The normalized spacial score (nSPS) is 15.1. The number of nitrogens with one attached hydrogen (secondary N) is 1. The molecule has 3 aromatic heterocycles. The highest BCUT2D eigenvalue weighted by Crippen LogP contribution is 2.34. The molecular weight excluding hydrogens is 464 g/mol. The molecule has 0 aliphatic carbocycles. The number of carbonyl (C=O) groups is 2. The molecule has 1 aromatic carbocycles. The Balaban J connectivity index is 1.45. The summed E-state index contributed by atoms with van der Waals surface area (Å²) in [5.74, 6) is 5.14. The minimum Gasteiger partial charge on any atom is -0.383 e. The number of hydrogen-bond donors (Lipinski definition) is 2. The van der Waals surface area contributed by atoms with Crippen LogP contribution in [0.2, 0.25) is 0 Å². The monoisotopic (exact) mass is 486 g/mol. The van der Waals surface area contributed by atoms with Crippen LogP contribution in [0.4, 0.5) is 10.9 Å². The molecule has 0 saturated carbocycles. The number of fused-ring (bicyclic) bond motifs is 1. The van der Waals surface area contributed by atoms with Crippen molar-refractivity contribution < 1.29 is 9.59 Å². The highest BCUT2D eigenvalue weighted by molar-refractivity contribution is 7.15. The average molecular weight is 487 g/mol. The van der Waals surface area contributed by atoms with Gasteiger partial charge in [-0.1, -0.05) is 18.1 Å². The molecule has 2 amide bonds. The van der Waals surface area contributed by atoms with Crippen molar-refractivity contribution in [3.8, 4) is 23.1 Å². The lowest BCUT2D eigenvalue weighted by atomic mass is 10.1. The van der Waals surface area contributed by atoms with Gasteiger partial charge in [-0.15, -0.1) is 11.3 Å². The van der Waals surface area contributed by atoms with Gasteiger partial charge in [-0.05, 0) is 38.3 Å². The third-order valence-corrected chi connectivity index (χ3v) is 6.64. The molecular formula is C24H22N8O2S. The Morgan fingerprint density at radius 1 is 1.20 bits per heavy atom. The summed E-state index contributed by atoms with van der Waals surface area (Å²) < 4.78 is 1.82. The second-order valence-corrected chi connectivity index (χ2v) is 9.36. The summed E-state index contributed by atoms with van der Waals surface area (Å²) in [6.45, 7) is 4.66. The number of aromatic nitrogens is 5. The van der Waals surface area contributed by atoms with Crippen LogP contribution in [0.3, 0.4) is 0 Å². The molecule has 0 radical (unpaired) electrons. The Morgan fingerprint density at radius 2 is 2.00 bits per heavy atom. The van der Waals surface area contributed by atoms with Crippen LogP contribution in [0.1, 0.15) is 34.6 Å². The van der Waals surface area contributed by atoms with E-state index in [2.05, 4.69) is 32.1 Å². The number of benzene rings is 1. The van der Waals surface area contributed by atoms with Gasteiger partial charge in [-0.2, -0.15) is 5.10 Å². The fraction of sp³-hybridized carbons (Fsp3) is 0.250. The molecule has 35 heavy (non-hydrogen) atoms. The maximum Gasteiger partial charge on any atom is 0.298 e. The Labute approximate surface area is 205 Å². The van der Waals surface area contributed by atoms with E-state index in [-0.39, 0.29) is 17.9 Å². The maximum atomic E-state index is 12.6. The van der Waals surface area contributed by atoms with E-state index in [1.54, 1.807) is 30.2 Å². The molecule has 3 N–H and O–H groups in total. The Morgan fingerprint density at radius 3 is 2.71 bits per heavy atom. The first-order valence-electron chi connectivity index (χ1n) is 11.0. The molecule has 11 heteroatoms. The highest BCUT2D eigenvalue weighted by atomic mass is 32.1. The van der Waals surface area contributed by atoms with E-state index in [9.17, 15) is 9.59 Å². The van der Waals surface area contributed by atoms with E-state index < -0.39 is 0 Å². The van der Waals surface area contributed by atoms with Crippen LogP contribution in [0.15, 0.2) is 36.8 Å². The summed E-state index contributed by atoms with van der Waals surface area (Å²) in [5, 5.41) is 8.84. The topological polar surface area (TPSA) is 132 Å². The lowest BCUT2D eigenvalue weighted by Crippen LogP contribution is -2.28. The Hall–Kier alpha value is -4.30. The van der Waals surface area contributed by atoms with Crippen LogP contribution in [-0.4, -0.2) is 54.5 Å². The van der Waals surface area contributed by atoms with E-state index >= 15 is 0 Å². The number of carbonyl (C=O) groups excluding carboxylic acids is 2. The summed E-state index contributed by atoms with van der Waals surface area (Å²) in [7, 11) is 0. The third kappa shape index (κ3) is 4.31. The van der Waals surface area contributed by atoms with Crippen LogP contribution in [0, 0.1) is 18.8 Å². The molecule has 4 aromatic rings. The smallest absolute Gasteiger partial charge is 0.298 e. The molecule has 176 valence electrons. The fourth-order valence-corrected chi connectivity index (χ4v) is 4.78. The number of likely N-dealkylation sites (tertiary alicyclic amines) is 1. The van der Waals surface area contributed by atoms with E-state index in [1.807, 2.05) is 23.7 Å². The van der Waals surface area contributed by atoms with E-state index in [0.717, 1.165) is 16.9 Å². The van der Waals surface area contributed by atoms with Gasteiger partial charge in [0.25, 0.3) is 11.8 Å². The standard InChI is InChI=1S/C24H22N8O2S/c1-3-4-18(33)31-10-9-17(12-31)32-22-19(21(25)27-13-28-22)20(30-32)15-5-7-16(8-6-15)23(34)29-24-26-11-14(2)35-24/h5-8,11,13,17H,9-10,12H2,1-2H3,(H2,25,27,28)(H,26,29,34). The van der Waals surface area contributed by atoms with Crippen molar-refractivity contribution in [1.29, 1.82) is 0 Å². The fourth-order valence-electron chi connectivity index (χ4n) is 4.13. The molecule has 1 atom stereocenters. The number of nitrogen functional groups attached to an aromatic ring is 1. The summed E-state index contributed by atoms with van der Waals surface area (Å²) in [6, 6.07) is 7.05. The zero-order chi connectivity index (χ0) is 24.5. The van der Waals surface area contributed by atoms with E-state index in [1.165, 1.54) is 17.7 Å². The lowest BCUT2D eigenvalue weighted by molar-refractivity contribution is -0.124. The van der Waals surface area contributed by atoms with Crippen LogP contribution in [-0.2, 0) is 4.79 Å². The number of thiazole rings is 1. The van der Waals surface area contributed by atoms with Crippen LogP contribution >= 0.6 is 11.3 Å². The van der Waals surface area contributed by atoms with Gasteiger partial charge in [0, 0.05) is 35.3 Å². The van der Waals surface area contributed by atoms with Gasteiger partial charge in [0.05, 0.1) is 11.4 Å². The first-order valence-corrected chi connectivity index (χ1v) is 11.8. The lowest BCUT2D eigenvalue weighted by Gasteiger charge is -2.14. The first kappa shape index (κ1) is 22.5. The molecule has 0 bridgehead atoms. The number of anilines is 2. The summed E-state index contributed by atoms with van der Waals surface area (Å²) >= 11 is 1.42. The highest BCUT2D eigenvalue weighted by Gasteiger charge is 2.30. The average Bonchev–Trinajstić information content (AvgIpc) is 3.58. The largest absolute Gasteiger partial charge is 0.383 e. The molecule has 4 heterocycles. The predicted octanol–water partition coefficient (Wildman–Crippen LogP) is 2.89. The second-order valence-electron chi connectivity index (χ2n) is 8.13. The SMILES string of the molecule is CC#CC(=O)N1CCC(n2nc(-c3ccc(C(=O)Nc4ncc(C)s4)cc3)c3c(N)ncnc32)C1. The molecule has 1 unspecified atom stereocenters. The van der Waals surface area contributed by atoms with Gasteiger partial charge in [0.2, 0.25) is 0 Å². The molecule has 1 aliphatic heterocycles. The number of aryl methyl sites for hydroxylation is 1. The van der Waals surface area contributed by atoms with Crippen LogP contribution in [0.5, 0.6) is 0 Å². The quantitative estimate of drug-likeness (QED) is 0.424. The van der Waals surface area contributed by atoms with Crippen molar-refractivity contribution in [2.75, 3.05) is 24.1 Å². The van der Waals surface area contributed by atoms with Crippen molar-refractivity contribution >= 4 is 45.1 Å². The second kappa shape index (κ2) is 9.15. The number of hydrogen-bond acceptors (Lipinski definition) is 8. The van der Waals surface area contributed by atoms with Gasteiger partial charge >= 0.3 is 0 Å². The molecule has 1 saturated heterocycles. The minimum atomic E-state index is -0.241. The molecule has 5 rings (SSSR count). The number of amides is 2. The van der Waals surface area contributed by atoms with Gasteiger partial charge in [0.1, 0.15) is 17.8 Å². The van der Waals surface area contributed by atoms with Gasteiger partial charge in [0.15, 0.2) is 10.8 Å². The minimum absolute atomic E-state index is 0.0602. The van der Waals surface area contributed by atoms with Gasteiger partial charge in [-0.25, -0.2) is 19.6 Å². The van der Waals surface area contributed by atoms with E-state index in [0.29, 0.717) is 46.3 Å². The molecule has 10 nitrogen and oxygen atoms in total. The van der Waals surface area contributed by atoms with Crippen molar-refractivity contribution in [3.05, 3.63) is 47.2 Å². The maximum absolute atomic E-state index is 12.6. The molecule has 1 aliphatic rings. The molecule has 1 fully saturated rings. The summed E-state index contributed by atoms with van der Waals surface area (Å²) in [5.41, 5.74) is 8.73. The first-order chi connectivity index (χ1) is 16.9. The zero-order valence-electron chi connectivity index (χ0n) is 19.1. The van der Waals surface area contributed by atoms with Crippen molar-refractivity contribution in [3.63, 3.8) is 0 Å². The van der Waals surface area contributed by atoms with Crippen LogP contribution in [0.25, 0.3) is 22.3 Å². The van der Waals surface area contributed by atoms with Crippen LogP contribution < -0.4 is 11.1 Å². The third-order valence-electron chi connectivity index (χ3n) is 5.81.